The lowest BCUT2D eigenvalue weighted by Gasteiger charge is -2.28. The molecule has 2 atom stereocenters. The molecule has 18 heavy (non-hydrogen) atoms. The van der Waals surface area contributed by atoms with E-state index in [1.54, 1.807) is 0 Å². The molecule has 3 rings (SSSR count). The van der Waals surface area contributed by atoms with Crippen LogP contribution >= 0.6 is 0 Å². The molecule has 1 aliphatic heterocycles. The lowest BCUT2D eigenvalue weighted by Crippen LogP contribution is -2.34. The molecular formula is C16H18NO. The molecule has 1 saturated carbocycles. The summed E-state index contributed by atoms with van der Waals surface area (Å²) in [4.78, 5) is 2.42. The van der Waals surface area contributed by atoms with Gasteiger partial charge in [0.05, 0.1) is 12.6 Å². The maximum Gasteiger partial charge on any atom is 0.108 e. The molecule has 0 N–H and O–H groups in total. The van der Waals surface area contributed by atoms with Crippen LogP contribution in [0.5, 0.6) is 0 Å². The molecule has 0 aromatic heterocycles. The zero-order chi connectivity index (χ0) is 12.4. The minimum Gasteiger partial charge on any atom is -0.361 e. The summed E-state index contributed by atoms with van der Waals surface area (Å²) in [6, 6.07) is 11.0. The van der Waals surface area contributed by atoms with Crippen molar-refractivity contribution in [2.75, 3.05) is 13.2 Å². The van der Waals surface area contributed by atoms with Gasteiger partial charge in [0, 0.05) is 6.54 Å². The smallest absolute Gasteiger partial charge is 0.108 e. The normalized spacial score (nSPS) is 30.1. The van der Waals surface area contributed by atoms with E-state index < -0.39 is 0 Å². The predicted octanol–water partition coefficient (Wildman–Crippen LogP) is 2.81. The SMILES string of the molecule is C[C@H]1OC[C@@H](c2ccccc2)N1C[C]1[CH][CH][CH][CH]1. The van der Waals surface area contributed by atoms with Crippen LogP contribution in [0.4, 0.5) is 0 Å². The molecule has 1 aromatic carbocycles. The zero-order valence-electron chi connectivity index (χ0n) is 10.6. The summed E-state index contributed by atoms with van der Waals surface area (Å²) < 4.78 is 5.81. The highest BCUT2D eigenvalue weighted by Gasteiger charge is 2.34. The Kier molecular flexibility index (Phi) is 3.67. The van der Waals surface area contributed by atoms with Gasteiger partial charge in [0.2, 0.25) is 0 Å². The number of rotatable bonds is 3. The molecule has 1 aromatic rings. The van der Waals surface area contributed by atoms with E-state index in [0.29, 0.717) is 6.04 Å². The summed E-state index contributed by atoms with van der Waals surface area (Å²) in [6.07, 6.45) is 8.72. The van der Waals surface area contributed by atoms with Crippen molar-refractivity contribution in [3.8, 4) is 0 Å². The number of nitrogens with zero attached hydrogens (tertiary/aromatic N) is 1. The third-order valence-electron chi connectivity index (χ3n) is 3.64. The van der Waals surface area contributed by atoms with E-state index in [1.807, 2.05) is 0 Å². The molecule has 5 radical (unpaired) electrons. The Labute approximate surface area is 110 Å². The van der Waals surface area contributed by atoms with Crippen LogP contribution in [0.3, 0.4) is 0 Å². The molecule has 93 valence electrons. The zero-order valence-corrected chi connectivity index (χ0v) is 10.6. The molecule has 1 aliphatic carbocycles. The first-order valence-corrected chi connectivity index (χ1v) is 6.47. The van der Waals surface area contributed by atoms with Crippen molar-refractivity contribution in [2.45, 2.75) is 19.2 Å². The summed E-state index contributed by atoms with van der Waals surface area (Å²) in [7, 11) is 0. The van der Waals surface area contributed by atoms with Gasteiger partial charge in [-0.25, -0.2) is 0 Å². The Hall–Kier alpha value is -0.860. The molecule has 2 fully saturated rings. The first-order valence-electron chi connectivity index (χ1n) is 6.47. The molecule has 1 saturated heterocycles. The van der Waals surface area contributed by atoms with Crippen molar-refractivity contribution < 1.29 is 4.74 Å². The molecule has 2 heteroatoms. The van der Waals surface area contributed by atoms with Gasteiger partial charge < -0.3 is 4.74 Å². The van der Waals surface area contributed by atoms with E-state index in [-0.39, 0.29) is 6.23 Å². The van der Waals surface area contributed by atoms with Gasteiger partial charge in [-0.3, -0.25) is 4.90 Å². The van der Waals surface area contributed by atoms with E-state index >= 15 is 0 Å². The van der Waals surface area contributed by atoms with E-state index in [9.17, 15) is 0 Å². The highest BCUT2D eigenvalue weighted by atomic mass is 16.5. The van der Waals surface area contributed by atoms with E-state index in [0.717, 1.165) is 13.2 Å². The van der Waals surface area contributed by atoms with E-state index in [1.165, 1.54) is 11.5 Å². The first kappa shape index (κ1) is 12.2. The van der Waals surface area contributed by atoms with Crippen molar-refractivity contribution in [1.29, 1.82) is 0 Å². The van der Waals surface area contributed by atoms with Gasteiger partial charge in [0.25, 0.3) is 0 Å². The second-order valence-electron chi connectivity index (χ2n) is 4.82. The van der Waals surface area contributed by atoms with Crippen LogP contribution in [-0.2, 0) is 4.74 Å². The average Bonchev–Trinajstić information content (AvgIpc) is 3.03. The Balaban J connectivity index is 1.72. The highest BCUT2D eigenvalue weighted by Crippen LogP contribution is 2.34. The van der Waals surface area contributed by atoms with Gasteiger partial charge in [-0.1, -0.05) is 30.3 Å². The quantitative estimate of drug-likeness (QED) is 0.805. The van der Waals surface area contributed by atoms with Gasteiger partial charge >= 0.3 is 0 Å². The fourth-order valence-electron chi connectivity index (χ4n) is 2.61. The highest BCUT2D eigenvalue weighted by molar-refractivity contribution is 5.36. The van der Waals surface area contributed by atoms with Crippen molar-refractivity contribution in [2.24, 2.45) is 0 Å². The molecule has 2 aliphatic rings. The maximum absolute atomic E-state index is 5.81. The van der Waals surface area contributed by atoms with E-state index in [2.05, 4.69) is 67.8 Å². The number of hydrogen-bond acceptors (Lipinski definition) is 2. The molecular weight excluding hydrogens is 222 g/mol. The van der Waals surface area contributed by atoms with Crippen LogP contribution in [0.25, 0.3) is 0 Å². The Bertz CT molecular complexity index is 372. The summed E-state index contributed by atoms with van der Waals surface area (Å²) in [6.45, 7) is 3.87. The molecule has 0 bridgehead atoms. The maximum atomic E-state index is 5.81. The third kappa shape index (κ3) is 2.45. The Morgan fingerprint density at radius 1 is 1.17 bits per heavy atom. The fraction of sp³-hybridized carbons (Fsp3) is 0.312. The van der Waals surface area contributed by atoms with Crippen LogP contribution in [-0.4, -0.2) is 24.3 Å². The minimum absolute atomic E-state index is 0.185. The second-order valence-corrected chi connectivity index (χ2v) is 4.82. The van der Waals surface area contributed by atoms with Gasteiger partial charge in [-0.05, 0) is 44.1 Å². The molecule has 0 unspecified atom stereocenters. The Morgan fingerprint density at radius 2 is 1.89 bits per heavy atom. The largest absolute Gasteiger partial charge is 0.361 e. The van der Waals surface area contributed by atoms with Crippen LogP contribution in [0.2, 0.25) is 0 Å². The van der Waals surface area contributed by atoms with Crippen LogP contribution < -0.4 is 0 Å². The van der Waals surface area contributed by atoms with Crippen molar-refractivity contribution >= 4 is 0 Å². The van der Waals surface area contributed by atoms with Gasteiger partial charge in [0.15, 0.2) is 0 Å². The topological polar surface area (TPSA) is 12.5 Å². The summed E-state index contributed by atoms with van der Waals surface area (Å²) in [5, 5.41) is 0. The van der Waals surface area contributed by atoms with Crippen molar-refractivity contribution in [3.05, 3.63) is 67.5 Å². The average molecular weight is 240 g/mol. The number of hydrogen-bond donors (Lipinski definition) is 0. The lowest BCUT2D eigenvalue weighted by atomic mass is 10.0. The van der Waals surface area contributed by atoms with E-state index in [4.69, 9.17) is 4.74 Å². The van der Waals surface area contributed by atoms with Crippen LogP contribution in [0.15, 0.2) is 30.3 Å². The predicted molar refractivity (Wildman–Crippen MR) is 71.7 cm³/mol. The number of benzene rings is 1. The monoisotopic (exact) mass is 240 g/mol. The minimum atomic E-state index is 0.185. The second kappa shape index (κ2) is 5.41. The molecule has 0 amide bonds. The van der Waals surface area contributed by atoms with Crippen LogP contribution in [0, 0.1) is 31.6 Å². The molecule has 2 nitrogen and oxygen atoms in total. The summed E-state index contributed by atoms with van der Waals surface area (Å²) >= 11 is 0. The number of ether oxygens (including phenoxy) is 1. The van der Waals surface area contributed by atoms with Gasteiger partial charge in [-0.2, -0.15) is 0 Å². The third-order valence-corrected chi connectivity index (χ3v) is 3.64. The molecule has 0 spiro atoms. The fourth-order valence-corrected chi connectivity index (χ4v) is 2.61. The molecule has 1 heterocycles. The van der Waals surface area contributed by atoms with Gasteiger partial charge in [-0.15, -0.1) is 0 Å². The Morgan fingerprint density at radius 3 is 2.61 bits per heavy atom. The summed E-state index contributed by atoms with van der Waals surface area (Å²) in [5.74, 6) is 1.35. The summed E-state index contributed by atoms with van der Waals surface area (Å²) in [5.41, 5.74) is 1.34. The van der Waals surface area contributed by atoms with Crippen molar-refractivity contribution in [1.82, 2.24) is 4.90 Å². The standard InChI is InChI=1S/C16H18NO/c1-13-17(11-14-7-5-6-8-14)16(12-18-13)15-9-3-2-4-10-15/h2-10,13,16H,11-12H2,1H3/t13-,16+/m1/s1. The van der Waals surface area contributed by atoms with Gasteiger partial charge in [0.1, 0.15) is 6.23 Å². The van der Waals surface area contributed by atoms with Crippen molar-refractivity contribution in [3.63, 3.8) is 0 Å². The van der Waals surface area contributed by atoms with Crippen LogP contribution in [0.1, 0.15) is 18.5 Å². The first-order chi connectivity index (χ1) is 8.84. The lowest BCUT2D eigenvalue weighted by molar-refractivity contribution is 0.0497.